The lowest BCUT2D eigenvalue weighted by molar-refractivity contribution is -0.151. The van der Waals surface area contributed by atoms with Gasteiger partial charge in [0.1, 0.15) is 0 Å². The molecular weight excluding hydrogens is 240 g/mol. The summed E-state index contributed by atoms with van der Waals surface area (Å²) in [6, 6.07) is 14.1. The maximum atomic E-state index is 11.3. The van der Waals surface area contributed by atoms with Crippen LogP contribution >= 0.6 is 0 Å². The Morgan fingerprint density at radius 1 is 1.16 bits per heavy atom. The van der Waals surface area contributed by atoms with Gasteiger partial charge in [0.05, 0.1) is 12.0 Å². The number of ether oxygens (including phenoxy) is 1. The first-order valence-electron chi connectivity index (χ1n) is 6.59. The molecule has 3 heteroatoms. The van der Waals surface area contributed by atoms with Crippen LogP contribution in [0.3, 0.4) is 0 Å². The van der Waals surface area contributed by atoms with Gasteiger partial charge in [-0.25, -0.2) is 0 Å². The molecule has 1 fully saturated rings. The summed E-state index contributed by atoms with van der Waals surface area (Å²) in [4.78, 5) is 11.3. The van der Waals surface area contributed by atoms with Crippen molar-refractivity contribution >= 4 is 16.7 Å². The van der Waals surface area contributed by atoms with Crippen LogP contribution in [0.5, 0.6) is 0 Å². The summed E-state index contributed by atoms with van der Waals surface area (Å²) < 4.78 is 5.71. The first kappa shape index (κ1) is 12.2. The first-order valence-corrected chi connectivity index (χ1v) is 6.59. The summed E-state index contributed by atoms with van der Waals surface area (Å²) in [5.41, 5.74) is 0.964. The summed E-state index contributed by atoms with van der Waals surface area (Å²) in [5.74, 6) is -1.20. The van der Waals surface area contributed by atoms with Crippen molar-refractivity contribution in [2.45, 2.75) is 18.9 Å². The van der Waals surface area contributed by atoms with E-state index in [0.29, 0.717) is 13.0 Å². The van der Waals surface area contributed by atoms with Gasteiger partial charge in [0.15, 0.2) is 0 Å². The van der Waals surface area contributed by atoms with Crippen LogP contribution in [0, 0.1) is 5.92 Å². The molecule has 0 amide bonds. The predicted octanol–water partition coefficient (Wildman–Crippen LogP) is 3.39. The van der Waals surface area contributed by atoms with E-state index in [0.717, 1.165) is 22.8 Å². The number of carboxylic acid groups (broad SMARTS) is 1. The quantitative estimate of drug-likeness (QED) is 0.895. The molecule has 98 valence electrons. The Labute approximate surface area is 111 Å². The van der Waals surface area contributed by atoms with Gasteiger partial charge in [-0.1, -0.05) is 36.4 Å². The highest BCUT2D eigenvalue weighted by atomic mass is 16.5. The molecule has 0 bridgehead atoms. The lowest BCUT2D eigenvalue weighted by Crippen LogP contribution is -2.28. The van der Waals surface area contributed by atoms with E-state index in [9.17, 15) is 9.90 Å². The van der Waals surface area contributed by atoms with E-state index >= 15 is 0 Å². The number of carboxylic acids is 1. The predicted molar refractivity (Wildman–Crippen MR) is 73.0 cm³/mol. The van der Waals surface area contributed by atoms with Gasteiger partial charge in [-0.05, 0) is 35.2 Å². The zero-order chi connectivity index (χ0) is 13.2. The van der Waals surface area contributed by atoms with Gasteiger partial charge >= 0.3 is 5.97 Å². The van der Waals surface area contributed by atoms with Gasteiger partial charge in [0.25, 0.3) is 0 Å². The second kappa shape index (κ2) is 5.02. The van der Waals surface area contributed by atoms with Crippen LogP contribution < -0.4 is 0 Å². The largest absolute Gasteiger partial charge is 0.481 e. The number of rotatable bonds is 2. The van der Waals surface area contributed by atoms with Crippen molar-refractivity contribution < 1.29 is 14.6 Å². The zero-order valence-corrected chi connectivity index (χ0v) is 10.6. The molecule has 2 aromatic carbocycles. The fourth-order valence-electron chi connectivity index (χ4n) is 2.75. The Kier molecular flexibility index (Phi) is 3.22. The summed E-state index contributed by atoms with van der Waals surface area (Å²) in [5, 5.41) is 11.6. The van der Waals surface area contributed by atoms with Crippen LogP contribution in [-0.4, -0.2) is 17.7 Å². The van der Waals surface area contributed by atoms with Gasteiger partial charge in [-0.3, -0.25) is 4.79 Å². The zero-order valence-electron chi connectivity index (χ0n) is 10.6. The van der Waals surface area contributed by atoms with Crippen molar-refractivity contribution in [3.8, 4) is 0 Å². The number of hydrogen-bond acceptors (Lipinski definition) is 2. The van der Waals surface area contributed by atoms with Crippen molar-refractivity contribution in [3.05, 3.63) is 48.0 Å². The highest BCUT2D eigenvalue weighted by Gasteiger charge is 2.32. The van der Waals surface area contributed by atoms with Crippen LogP contribution in [-0.2, 0) is 9.53 Å². The third-order valence-corrected chi connectivity index (χ3v) is 3.74. The topological polar surface area (TPSA) is 46.5 Å². The molecule has 0 radical (unpaired) electrons. The Morgan fingerprint density at radius 2 is 1.95 bits per heavy atom. The SMILES string of the molecule is O=C(O)C1CCCOC1c1ccc2ccccc2c1. The smallest absolute Gasteiger partial charge is 0.309 e. The molecule has 0 aliphatic carbocycles. The number of benzene rings is 2. The second-order valence-electron chi connectivity index (χ2n) is 4.98. The van der Waals surface area contributed by atoms with E-state index in [1.54, 1.807) is 0 Å². The van der Waals surface area contributed by atoms with Gasteiger partial charge < -0.3 is 9.84 Å². The van der Waals surface area contributed by atoms with Crippen molar-refractivity contribution in [1.82, 2.24) is 0 Å². The Hall–Kier alpha value is -1.87. The average Bonchev–Trinajstić information content (AvgIpc) is 2.46. The van der Waals surface area contributed by atoms with E-state index in [2.05, 4.69) is 6.07 Å². The molecule has 0 aromatic heterocycles. The van der Waals surface area contributed by atoms with Gasteiger partial charge in [-0.15, -0.1) is 0 Å². The van der Waals surface area contributed by atoms with Crippen molar-refractivity contribution in [1.29, 1.82) is 0 Å². The van der Waals surface area contributed by atoms with E-state index in [1.165, 1.54) is 0 Å². The molecule has 1 aliphatic rings. The van der Waals surface area contributed by atoms with E-state index in [1.807, 2.05) is 36.4 Å². The highest BCUT2D eigenvalue weighted by Crippen LogP contribution is 2.35. The average molecular weight is 256 g/mol. The first-order chi connectivity index (χ1) is 9.25. The molecule has 1 heterocycles. The van der Waals surface area contributed by atoms with Crippen LogP contribution in [0.25, 0.3) is 10.8 Å². The third kappa shape index (κ3) is 2.34. The standard InChI is InChI=1S/C16H16O3/c17-16(18)14-6-3-9-19-15(14)13-8-7-11-4-1-2-5-12(11)10-13/h1-2,4-5,7-8,10,14-15H,3,6,9H2,(H,17,18). The van der Waals surface area contributed by atoms with Gasteiger partial charge in [-0.2, -0.15) is 0 Å². The van der Waals surface area contributed by atoms with E-state index in [4.69, 9.17) is 4.74 Å². The molecule has 19 heavy (non-hydrogen) atoms. The van der Waals surface area contributed by atoms with E-state index < -0.39 is 11.9 Å². The highest BCUT2D eigenvalue weighted by molar-refractivity contribution is 5.83. The maximum Gasteiger partial charge on any atom is 0.309 e. The van der Waals surface area contributed by atoms with Crippen LogP contribution in [0.15, 0.2) is 42.5 Å². The lowest BCUT2D eigenvalue weighted by atomic mass is 9.89. The van der Waals surface area contributed by atoms with Crippen molar-refractivity contribution in [3.63, 3.8) is 0 Å². The minimum absolute atomic E-state index is 0.323. The lowest BCUT2D eigenvalue weighted by Gasteiger charge is -2.29. The second-order valence-corrected chi connectivity index (χ2v) is 4.98. The summed E-state index contributed by atoms with van der Waals surface area (Å²) in [6.45, 7) is 0.640. The monoisotopic (exact) mass is 256 g/mol. The van der Waals surface area contributed by atoms with Gasteiger partial charge in [0.2, 0.25) is 0 Å². The third-order valence-electron chi connectivity index (χ3n) is 3.74. The Morgan fingerprint density at radius 3 is 2.74 bits per heavy atom. The Balaban J connectivity index is 1.99. The normalized spacial score (nSPS) is 23.4. The number of fused-ring (bicyclic) bond motifs is 1. The summed E-state index contributed by atoms with van der Waals surface area (Å²) in [6.07, 6.45) is 1.18. The van der Waals surface area contributed by atoms with Crippen LogP contribution in [0.1, 0.15) is 24.5 Å². The van der Waals surface area contributed by atoms with E-state index in [-0.39, 0.29) is 6.10 Å². The van der Waals surface area contributed by atoms with Crippen LogP contribution in [0.4, 0.5) is 0 Å². The molecule has 0 spiro atoms. The molecule has 0 saturated carbocycles. The molecule has 3 rings (SSSR count). The molecule has 3 nitrogen and oxygen atoms in total. The maximum absolute atomic E-state index is 11.3. The minimum atomic E-state index is -0.766. The molecular formula is C16H16O3. The molecule has 2 aromatic rings. The number of hydrogen-bond donors (Lipinski definition) is 1. The van der Waals surface area contributed by atoms with Crippen LogP contribution in [0.2, 0.25) is 0 Å². The molecule has 2 unspecified atom stereocenters. The number of carbonyl (C=O) groups is 1. The summed E-state index contributed by atoms with van der Waals surface area (Å²) in [7, 11) is 0. The Bertz CT molecular complexity index is 606. The van der Waals surface area contributed by atoms with Crippen molar-refractivity contribution in [2.24, 2.45) is 5.92 Å². The fourth-order valence-corrected chi connectivity index (χ4v) is 2.75. The molecule has 1 aliphatic heterocycles. The fraction of sp³-hybridized carbons (Fsp3) is 0.312. The van der Waals surface area contributed by atoms with Crippen molar-refractivity contribution in [2.75, 3.05) is 6.61 Å². The molecule has 1 saturated heterocycles. The molecule has 1 N–H and O–H groups in total. The number of aliphatic carboxylic acids is 1. The minimum Gasteiger partial charge on any atom is -0.481 e. The van der Waals surface area contributed by atoms with Gasteiger partial charge in [0, 0.05) is 6.61 Å². The molecule has 2 atom stereocenters. The summed E-state index contributed by atoms with van der Waals surface area (Å²) >= 11 is 0.